The van der Waals surface area contributed by atoms with Gasteiger partial charge >= 0.3 is 0 Å². The van der Waals surface area contributed by atoms with E-state index in [1.165, 1.54) is 11.3 Å². The van der Waals surface area contributed by atoms with Gasteiger partial charge in [0, 0.05) is 15.3 Å². The van der Waals surface area contributed by atoms with Gasteiger partial charge in [0.05, 0.1) is 21.4 Å². The van der Waals surface area contributed by atoms with Gasteiger partial charge in [-0.05, 0) is 44.3 Å². The van der Waals surface area contributed by atoms with Crippen LogP contribution < -0.4 is 0 Å². The first kappa shape index (κ1) is 13.0. The van der Waals surface area contributed by atoms with Gasteiger partial charge in [-0.2, -0.15) is 0 Å². The predicted octanol–water partition coefficient (Wildman–Crippen LogP) is 2.74. The van der Waals surface area contributed by atoms with Gasteiger partial charge in [0.2, 0.25) is 0 Å². The van der Waals surface area contributed by atoms with Crippen LogP contribution in [0, 0.1) is 5.92 Å². The van der Waals surface area contributed by atoms with E-state index in [1.54, 1.807) is 0 Å². The van der Waals surface area contributed by atoms with Crippen LogP contribution >= 0.6 is 43.2 Å². The van der Waals surface area contributed by atoms with Gasteiger partial charge in [-0.1, -0.05) is 0 Å². The van der Waals surface area contributed by atoms with Crippen LogP contribution in [0.3, 0.4) is 0 Å². The quantitative estimate of drug-likeness (QED) is 0.845. The predicted molar refractivity (Wildman–Crippen MR) is 71.4 cm³/mol. The van der Waals surface area contributed by atoms with E-state index >= 15 is 0 Å². The molecule has 1 N–H and O–H groups in total. The van der Waals surface area contributed by atoms with Crippen LogP contribution in [-0.4, -0.2) is 25.0 Å². The molecule has 2 heterocycles. The molecule has 7 heteroatoms. The Labute approximate surface area is 115 Å². The summed E-state index contributed by atoms with van der Waals surface area (Å²) in [5.74, 6) is 0.131. The van der Waals surface area contributed by atoms with Crippen molar-refractivity contribution >= 4 is 53.0 Å². The normalized spacial score (nSPS) is 25.8. The molecule has 1 aromatic rings. The zero-order valence-corrected chi connectivity index (χ0v) is 13.0. The first-order valence-corrected chi connectivity index (χ1v) is 8.94. The minimum atomic E-state index is -2.93. The van der Waals surface area contributed by atoms with E-state index in [0.29, 0.717) is 6.42 Å². The highest BCUT2D eigenvalue weighted by atomic mass is 79.9. The highest BCUT2D eigenvalue weighted by Crippen LogP contribution is 2.40. The zero-order chi connectivity index (χ0) is 11.9. The van der Waals surface area contributed by atoms with Crippen LogP contribution in [0.1, 0.15) is 17.4 Å². The van der Waals surface area contributed by atoms with Crippen molar-refractivity contribution in [3.05, 3.63) is 19.2 Å². The van der Waals surface area contributed by atoms with Gasteiger partial charge in [0.25, 0.3) is 0 Å². The lowest BCUT2D eigenvalue weighted by atomic mass is 10.0. The number of halogens is 2. The molecule has 0 spiro atoms. The molecule has 1 aromatic heterocycles. The minimum Gasteiger partial charge on any atom is -0.387 e. The molecule has 1 saturated heterocycles. The van der Waals surface area contributed by atoms with E-state index in [1.807, 2.05) is 6.07 Å². The maximum absolute atomic E-state index is 11.3. The standard InChI is InChI=1S/C9H10Br2O3S2/c10-6-3-7(15-9(6)11)8(12)5-1-2-16(13,14)4-5/h3,5,8,12H,1-2,4H2. The molecule has 2 unspecified atom stereocenters. The summed E-state index contributed by atoms with van der Waals surface area (Å²) in [6.45, 7) is 0. The number of aliphatic hydroxyl groups is 1. The Morgan fingerprint density at radius 3 is 2.62 bits per heavy atom. The Morgan fingerprint density at radius 1 is 1.50 bits per heavy atom. The first-order valence-electron chi connectivity index (χ1n) is 4.72. The van der Waals surface area contributed by atoms with E-state index in [0.717, 1.165) is 13.1 Å². The van der Waals surface area contributed by atoms with Crippen molar-refractivity contribution in [2.75, 3.05) is 11.5 Å². The Hall–Kier alpha value is 0.570. The van der Waals surface area contributed by atoms with Crippen molar-refractivity contribution in [3.63, 3.8) is 0 Å². The van der Waals surface area contributed by atoms with Crippen molar-refractivity contribution < 1.29 is 13.5 Å². The topological polar surface area (TPSA) is 54.4 Å². The largest absolute Gasteiger partial charge is 0.387 e. The third-order valence-electron chi connectivity index (χ3n) is 2.67. The Kier molecular flexibility index (Phi) is 3.81. The van der Waals surface area contributed by atoms with Crippen molar-refractivity contribution in [1.29, 1.82) is 0 Å². The Balaban J connectivity index is 2.17. The second-order valence-corrected chi connectivity index (χ2v) is 9.36. The molecule has 16 heavy (non-hydrogen) atoms. The van der Waals surface area contributed by atoms with Crippen LogP contribution in [0.5, 0.6) is 0 Å². The van der Waals surface area contributed by atoms with E-state index in [2.05, 4.69) is 31.9 Å². The molecule has 0 bridgehead atoms. The second-order valence-electron chi connectivity index (χ2n) is 3.88. The summed E-state index contributed by atoms with van der Waals surface area (Å²) in [6.07, 6.45) is -0.124. The van der Waals surface area contributed by atoms with E-state index in [4.69, 9.17) is 0 Å². The molecule has 90 valence electrons. The van der Waals surface area contributed by atoms with Gasteiger partial charge < -0.3 is 5.11 Å². The van der Waals surface area contributed by atoms with Crippen LogP contribution in [-0.2, 0) is 9.84 Å². The zero-order valence-electron chi connectivity index (χ0n) is 8.19. The Morgan fingerprint density at radius 2 is 2.19 bits per heavy atom. The number of thiophene rings is 1. The van der Waals surface area contributed by atoms with Crippen LogP contribution in [0.15, 0.2) is 14.3 Å². The molecule has 0 saturated carbocycles. The molecule has 0 aromatic carbocycles. The van der Waals surface area contributed by atoms with Crippen LogP contribution in [0.2, 0.25) is 0 Å². The summed E-state index contributed by atoms with van der Waals surface area (Å²) in [4.78, 5) is 0.806. The van der Waals surface area contributed by atoms with Gasteiger partial charge in [-0.25, -0.2) is 8.42 Å². The summed E-state index contributed by atoms with van der Waals surface area (Å²) in [6, 6.07) is 1.84. The van der Waals surface area contributed by atoms with Gasteiger partial charge in [0.1, 0.15) is 0 Å². The molecule has 1 fully saturated rings. The average molecular weight is 390 g/mol. The average Bonchev–Trinajstić information content (AvgIpc) is 2.70. The summed E-state index contributed by atoms with van der Waals surface area (Å²) >= 11 is 8.14. The molecule has 0 amide bonds. The highest BCUT2D eigenvalue weighted by Gasteiger charge is 2.34. The van der Waals surface area contributed by atoms with Crippen LogP contribution in [0.4, 0.5) is 0 Å². The van der Waals surface area contributed by atoms with Crippen molar-refractivity contribution in [1.82, 2.24) is 0 Å². The molecular weight excluding hydrogens is 380 g/mol. The fraction of sp³-hybridized carbons (Fsp3) is 0.556. The third-order valence-corrected chi connectivity index (χ3v) is 7.79. The fourth-order valence-electron chi connectivity index (χ4n) is 1.81. The van der Waals surface area contributed by atoms with E-state index in [-0.39, 0.29) is 17.4 Å². The molecule has 3 nitrogen and oxygen atoms in total. The molecule has 2 rings (SSSR count). The lowest BCUT2D eigenvalue weighted by Crippen LogP contribution is -2.13. The van der Waals surface area contributed by atoms with Crippen LogP contribution in [0.25, 0.3) is 0 Å². The molecule has 0 radical (unpaired) electrons. The molecule has 2 atom stereocenters. The van der Waals surface area contributed by atoms with Gasteiger partial charge in [-0.15, -0.1) is 11.3 Å². The van der Waals surface area contributed by atoms with E-state index < -0.39 is 15.9 Å². The minimum absolute atomic E-state index is 0.0985. The highest BCUT2D eigenvalue weighted by molar-refractivity contribution is 9.13. The molecule has 0 aliphatic carbocycles. The van der Waals surface area contributed by atoms with Gasteiger partial charge in [0.15, 0.2) is 9.84 Å². The van der Waals surface area contributed by atoms with Crippen molar-refractivity contribution in [2.45, 2.75) is 12.5 Å². The number of rotatable bonds is 2. The number of hydrogen-bond acceptors (Lipinski definition) is 4. The lowest BCUT2D eigenvalue weighted by Gasteiger charge is -2.14. The van der Waals surface area contributed by atoms with Gasteiger partial charge in [-0.3, -0.25) is 0 Å². The van der Waals surface area contributed by atoms with E-state index in [9.17, 15) is 13.5 Å². The molecule has 1 aliphatic heterocycles. The molecule has 1 aliphatic rings. The molecular formula is C9H10Br2O3S2. The number of aliphatic hydroxyl groups excluding tert-OH is 1. The summed E-state index contributed by atoms with van der Waals surface area (Å²) in [7, 11) is -2.93. The number of hydrogen-bond donors (Lipinski definition) is 1. The maximum Gasteiger partial charge on any atom is 0.150 e. The summed E-state index contributed by atoms with van der Waals surface area (Å²) in [5.41, 5.74) is 0. The summed E-state index contributed by atoms with van der Waals surface area (Å²) < 4.78 is 24.5. The Bertz CT molecular complexity index is 475. The maximum atomic E-state index is 11.3. The first-order chi connectivity index (χ1) is 7.39. The van der Waals surface area contributed by atoms with Crippen molar-refractivity contribution in [2.24, 2.45) is 5.92 Å². The lowest BCUT2D eigenvalue weighted by molar-refractivity contribution is 0.124. The van der Waals surface area contributed by atoms with Crippen molar-refractivity contribution in [3.8, 4) is 0 Å². The second kappa shape index (κ2) is 4.68. The number of sulfone groups is 1. The SMILES string of the molecule is O=S1(=O)CCC(C(O)c2cc(Br)c(Br)s2)C1. The fourth-order valence-corrected chi connectivity index (χ4v) is 5.81. The third kappa shape index (κ3) is 2.69. The monoisotopic (exact) mass is 388 g/mol. The summed E-state index contributed by atoms with van der Waals surface area (Å²) in [5, 5.41) is 10.1. The smallest absolute Gasteiger partial charge is 0.150 e.